The summed E-state index contributed by atoms with van der Waals surface area (Å²) in [6, 6.07) is 4.49. The lowest BCUT2D eigenvalue weighted by Crippen LogP contribution is -2.14. The highest BCUT2D eigenvalue weighted by Crippen LogP contribution is 2.26. The summed E-state index contributed by atoms with van der Waals surface area (Å²) in [5, 5.41) is 3.23. The summed E-state index contributed by atoms with van der Waals surface area (Å²) in [4.78, 5) is 8.33. The standard InChI is InChI=1S/C14H15BrFN3O/c1-2-5-17-7-11-8-19-14(9-18-11)20-13-6-10(15)3-4-12(13)16/h3-4,6,8-9,17H,2,5,7H2,1H3. The molecule has 0 amide bonds. The van der Waals surface area contributed by atoms with E-state index >= 15 is 0 Å². The van der Waals surface area contributed by atoms with Gasteiger partial charge in [-0.1, -0.05) is 22.9 Å². The quantitative estimate of drug-likeness (QED) is 0.815. The number of hydrogen-bond acceptors (Lipinski definition) is 4. The van der Waals surface area contributed by atoms with Gasteiger partial charge in [0.05, 0.1) is 18.1 Å². The Balaban J connectivity index is 2.01. The second kappa shape index (κ2) is 7.31. The van der Waals surface area contributed by atoms with Gasteiger partial charge in [-0.3, -0.25) is 4.98 Å². The van der Waals surface area contributed by atoms with Crippen LogP contribution in [0.4, 0.5) is 4.39 Å². The summed E-state index contributed by atoms with van der Waals surface area (Å²) in [7, 11) is 0. The first-order chi connectivity index (χ1) is 9.69. The molecule has 1 aromatic heterocycles. The van der Waals surface area contributed by atoms with Crippen LogP contribution >= 0.6 is 15.9 Å². The number of aromatic nitrogens is 2. The summed E-state index contributed by atoms with van der Waals surface area (Å²) in [5.74, 6) is -0.0598. The lowest BCUT2D eigenvalue weighted by Gasteiger charge is -2.07. The van der Waals surface area contributed by atoms with Gasteiger partial charge in [-0.25, -0.2) is 9.37 Å². The Morgan fingerprint density at radius 1 is 1.30 bits per heavy atom. The minimum Gasteiger partial charge on any atom is -0.434 e. The number of hydrogen-bond donors (Lipinski definition) is 1. The van der Waals surface area contributed by atoms with Crippen molar-refractivity contribution in [3.63, 3.8) is 0 Å². The molecule has 1 aromatic carbocycles. The van der Waals surface area contributed by atoms with E-state index < -0.39 is 5.82 Å². The van der Waals surface area contributed by atoms with Crippen LogP contribution in [0.2, 0.25) is 0 Å². The Morgan fingerprint density at radius 2 is 2.15 bits per heavy atom. The molecule has 0 spiro atoms. The molecule has 6 heteroatoms. The third-order valence-corrected chi connectivity index (χ3v) is 3.02. The van der Waals surface area contributed by atoms with E-state index in [4.69, 9.17) is 4.74 Å². The molecule has 0 unspecified atom stereocenters. The average Bonchev–Trinajstić information content (AvgIpc) is 2.45. The predicted octanol–water partition coefficient (Wildman–Crippen LogP) is 3.67. The molecule has 4 nitrogen and oxygen atoms in total. The highest BCUT2D eigenvalue weighted by molar-refractivity contribution is 9.10. The first-order valence-corrected chi connectivity index (χ1v) is 7.13. The highest BCUT2D eigenvalue weighted by atomic mass is 79.9. The van der Waals surface area contributed by atoms with Crippen molar-refractivity contribution >= 4 is 15.9 Å². The lowest BCUT2D eigenvalue weighted by atomic mass is 10.3. The van der Waals surface area contributed by atoms with Crippen LogP contribution in [-0.2, 0) is 6.54 Å². The van der Waals surface area contributed by atoms with E-state index in [9.17, 15) is 4.39 Å². The van der Waals surface area contributed by atoms with Crippen molar-refractivity contribution in [2.75, 3.05) is 6.54 Å². The smallest absolute Gasteiger partial charge is 0.237 e. The van der Waals surface area contributed by atoms with Gasteiger partial charge < -0.3 is 10.1 Å². The highest BCUT2D eigenvalue weighted by Gasteiger charge is 2.07. The largest absolute Gasteiger partial charge is 0.434 e. The molecular formula is C14H15BrFN3O. The van der Waals surface area contributed by atoms with E-state index in [1.54, 1.807) is 18.3 Å². The van der Waals surface area contributed by atoms with Gasteiger partial charge in [0, 0.05) is 11.0 Å². The fourth-order valence-corrected chi connectivity index (χ4v) is 1.89. The van der Waals surface area contributed by atoms with Crippen molar-refractivity contribution in [2.45, 2.75) is 19.9 Å². The maximum atomic E-state index is 13.5. The van der Waals surface area contributed by atoms with Crippen molar-refractivity contribution in [1.82, 2.24) is 15.3 Å². The molecule has 0 aliphatic carbocycles. The number of benzene rings is 1. The number of nitrogens with zero attached hydrogens (tertiary/aromatic N) is 2. The van der Waals surface area contributed by atoms with Crippen molar-refractivity contribution in [3.8, 4) is 11.6 Å². The zero-order chi connectivity index (χ0) is 14.4. The van der Waals surface area contributed by atoms with Gasteiger partial charge in [0.25, 0.3) is 0 Å². The molecule has 20 heavy (non-hydrogen) atoms. The average molecular weight is 340 g/mol. The molecule has 106 valence electrons. The zero-order valence-corrected chi connectivity index (χ0v) is 12.7. The molecule has 2 aromatic rings. The topological polar surface area (TPSA) is 47.0 Å². The molecule has 2 rings (SSSR count). The number of rotatable bonds is 6. The summed E-state index contributed by atoms with van der Waals surface area (Å²) in [6.07, 6.45) is 4.17. The van der Waals surface area contributed by atoms with E-state index in [0.29, 0.717) is 6.54 Å². The Bertz CT molecular complexity index is 563. The first-order valence-electron chi connectivity index (χ1n) is 6.33. The van der Waals surface area contributed by atoms with Crippen LogP contribution < -0.4 is 10.1 Å². The SMILES string of the molecule is CCCNCc1cnc(Oc2cc(Br)ccc2F)cn1. The molecule has 0 atom stereocenters. The van der Waals surface area contributed by atoms with Crippen LogP contribution in [0.15, 0.2) is 35.1 Å². The van der Waals surface area contributed by atoms with Crippen molar-refractivity contribution < 1.29 is 9.13 Å². The predicted molar refractivity (Wildman–Crippen MR) is 78.2 cm³/mol. The number of ether oxygens (including phenoxy) is 1. The molecule has 1 N–H and O–H groups in total. The second-order valence-corrected chi connectivity index (χ2v) is 5.12. The monoisotopic (exact) mass is 339 g/mol. The van der Waals surface area contributed by atoms with Crippen LogP contribution in [0.3, 0.4) is 0 Å². The fourth-order valence-electron chi connectivity index (χ4n) is 1.55. The lowest BCUT2D eigenvalue weighted by molar-refractivity contribution is 0.424. The van der Waals surface area contributed by atoms with Gasteiger partial charge in [-0.15, -0.1) is 0 Å². The van der Waals surface area contributed by atoms with E-state index in [1.807, 2.05) is 0 Å². The number of halogens is 2. The van der Waals surface area contributed by atoms with E-state index in [1.165, 1.54) is 12.3 Å². The third kappa shape index (κ3) is 4.25. The van der Waals surface area contributed by atoms with Gasteiger partial charge in [-0.05, 0) is 31.2 Å². The van der Waals surface area contributed by atoms with Gasteiger partial charge in [0.1, 0.15) is 0 Å². The van der Waals surface area contributed by atoms with Crippen molar-refractivity contribution in [1.29, 1.82) is 0 Å². The van der Waals surface area contributed by atoms with Crippen LogP contribution in [0.25, 0.3) is 0 Å². The van der Waals surface area contributed by atoms with Crippen molar-refractivity contribution in [3.05, 3.63) is 46.6 Å². The van der Waals surface area contributed by atoms with Crippen LogP contribution in [0.1, 0.15) is 19.0 Å². The zero-order valence-electron chi connectivity index (χ0n) is 11.1. The molecule has 0 bridgehead atoms. The summed E-state index contributed by atoms with van der Waals surface area (Å²) in [6.45, 7) is 3.69. The van der Waals surface area contributed by atoms with Gasteiger partial charge >= 0.3 is 0 Å². The van der Waals surface area contributed by atoms with E-state index in [-0.39, 0.29) is 11.6 Å². The summed E-state index contributed by atoms with van der Waals surface area (Å²) >= 11 is 3.27. The molecule has 0 fully saturated rings. The number of nitrogens with one attached hydrogen (secondary N) is 1. The molecule has 0 saturated carbocycles. The molecule has 1 heterocycles. The Kier molecular flexibility index (Phi) is 5.43. The Hall–Kier alpha value is -1.53. The molecule has 0 saturated heterocycles. The minimum absolute atomic E-state index is 0.116. The van der Waals surface area contributed by atoms with Crippen molar-refractivity contribution in [2.24, 2.45) is 0 Å². The molecule has 0 aliphatic heterocycles. The fraction of sp³-hybridized carbons (Fsp3) is 0.286. The molecular weight excluding hydrogens is 325 g/mol. The maximum absolute atomic E-state index is 13.5. The minimum atomic E-state index is -0.441. The molecule has 0 aliphatic rings. The summed E-state index contributed by atoms with van der Waals surface area (Å²) in [5.41, 5.74) is 0.820. The van der Waals surface area contributed by atoms with E-state index in [0.717, 1.165) is 23.1 Å². The normalized spacial score (nSPS) is 10.6. The summed E-state index contributed by atoms with van der Waals surface area (Å²) < 4.78 is 19.6. The maximum Gasteiger partial charge on any atom is 0.237 e. The first kappa shape index (κ1) is 14.9. The van der Waals surface area contributed by atoms with Gasteiger partial charge in [-0.2, -0.15) is 0 Å². The third-order valence-electron chi connectivity index (χ3n) is 2.52. The van der Waals surface area contributed by atoms with Gasteiger partial charge in [0.2, 0.25) is 5.88 Å². The Morgan fingerprint density at radius 3 is 2.85 bits per heavy atom. The van der Waals surface area contributed by atoms with E-state index in [2.05, 4.69) is 38.1 Å². The van der Waals surface area contributed by atoms with Crippen LogP contribution in [0.5, 0.6) is 11.6 Å². The Labute approximate surface area is 125 Å². The van der Waals surface area contributed by atoms with Crippen LogP contribution in [-0.4, -0.2) is 16.5 Å². The molecule has 0 radical (unpaired) electrons. The van der Waals surface area contributed by atoms with Gasteiger partial charge in [0.15, 0.2) is 11.6 Å². The second-order valence-electron chi connectivity index (χ2n) is 4.20. The van der Waals surface area contributed by atoms with Crippen LogP contribution in [0, 0.1) is 5.82 Å².